The van der Waals surface area contributed by atoms with Crippen molar-refractivity contribution in [2.24, 2.45) is 5.73 Å². The van der Waals surface area contributed by atoms with Gasteiger partial charge in [-0.15, -0.1) is 0 Å². The Kier molecular flexibility index (Phi) is 6.47. The molecule has 0 atom stereocenters. The van der Waals surface area contributed by atoms with E-state index in [1.54, 1.807) is 4.90 Å². The molecule has 0 fully saturated rings. The van der Waals surface area contributed by atoms with Gasteiger partial charge in [0.25, 0.3) is 5.91 Å². The lowest BCUT2D eigenvalue weighted by molar-refractivity contribution is -0.385. The number of amides is 1. The largest absolute Gasteiger partial charge is 0.490 e. The van der Waals surface area contributed by atoms with Crippen molar-refractivity contribution in [3.05, 3.63) is 69.8 Å². The zero-order valence-electron chi connectivity index (χ0n) is 14.1. The van der Waals surface area contributed by atoms with Crippen molar-refractivity contribution in [2.75, 3.05) is 26.7 Å². The van der Waals surface area contributed by atoms with E-state index in [9.17, 15) is 14.9 Å². The first-order chi connectivity index (χ1) is 12.1. The Balaban J connectivity index is 2.17. The van der Waals surface area contributed by atoms with Crippen LogP contribution in [0, 0.1) is 10.1 Å². The molecule has 0 unspecified atom stereocenters. The zero-order valence-corrected chi connectivity index (χ0v) is 14.1. The van der Waals surface area contributed by atoms with Gasteiger partial charge in [-0.3, -0.25) is 14.9 Å². The average molecular weight is 343 g/mol. The van der Waals surface area contributed by atoms with E-state index in [-0.39, 0.29) is 17.3 Å². The predicted molar refractivity (Wildman–Crippen MR) is 94.8 cm³/mol. The van der Waals surface area contributed by atoms with Gasteiger partial charge in [-0.2, -0.15) is 0 Å². The topological polar surface area (TPSA) is 98.7 Å². The molecule has 0 saturated heterocycles. The van der Waals surface area contributed by atoms with E-state index in [1.165, 1.54) is 25.3 Å². The van der Waals surface area contributed by atoms with Crippen LogP contribution in [0.1, 0.15) is 15.9 Å². The van der Waals surface area contributed by atoms with Crippen LogP contribution in [0.15, 0.2) is 48.5 Å². The summed E-state index contributed by atoms with van der Waals surface area (Å²) in [5.41, 5.74) is 6.91. The predicted octanol–water partition coefficient (Wildman–Crippen LogP) is 2.25. The summed E-state index contributed by atoms with van der Waals surface area (Å²) in [7, 11) is 1.34. The van der Waals surface area contributed by atoms with Crippen LogP contribution in [0.5, 0.6) is 5.75 Å². The van der Waals surface area contributed by atoms with Crippen LogP contribution in [0.3, 0.4) is 0 Å². The van der Waals surface area contributed by atoms with E-state index in [0.29, 0.717) is 31.6 Å². The third-order valence-corrected chi connectivity index (χ3v) is 3.82. The van der Waals surface area contributed by atoms with Crippen molar-refractivity contribution in [2.45, 2.75) is 6.42 Å². The maximum atomic E-state index is 12.8. The van der Waals surface area contributed by atoms with Gasteiger partial charge in [0.05, 0.1) is 12.0 Å². The summed E-state index contributed by atoms with van der Waals surface area (Å²) in [4.78, 5) is 24.8. The third-order valence-electron chi connectivity index (χ3n) is 3.82. The third kappa shape index (κ3) is 4.77. The molecule has 0 heterocycles. The standard InChI is InChI=1S/C18H21N3O4/c1-25-17-13-15(7-8-16(17)21(23)24)18(22)20(12-10-19)11-9-14-5-3-2-4-6-14/h2-8,13H,9-12,19H2,1H3. The van der Waals surface area contributed by atoms with Gasteiger partial charge in [0, 0.05) is 37.3 Å². The number of ether oxygens (including phenoxy) is 1. The van der Waals surface area contributed by atoms with Crippen molar-refractivity contribution in [3.63, 3.8) is 0 Å². The molecule has 7 nitrogen and oxygen atoms in total. The van der Waals surface area contributed by atoms with Gasteiger partial charge in [-0.05, 0) is 18.1 Å². The van der Waals surface area contributed by atoms with Crippen molar-refractivity contribution in [1.82, 2.24) is 4.90 Å². The molecule has 2 N–H and O–H groups in total. The minimum atomic E-state index is -0.542. The van der Waals surface area contributed by atoms with Gasteiger partial charge in [0.15, 0.2) is 5.75 Å². The molecule has 1 amide bonds. The highest BCUT2D eigenvalue weighted by Gasteiger charge is 2.20. The number of hydrogen-bond donors (Lipinski definition) is 1. The summed E-state index contributed by atoms with van der Waals surface area (Å²) in [6, 6.07) is 14.0. The van der Waals surface area contributed by atoms with Crippen LogP contribution in [0.25, 0.3) is 0 Å². The molecule has 132 valence electrons. The number of nitro benzene ring substituents is 1. The Hall–Kier alpha value is -2.93. The Bertz CT molecular complexity index is 734. The van der Waals surface area contributed by atoms with E-state index in [4.69, 9.17) is 10.5 Å². The lowest BCUT2D eigenvalue weighted by atomic mass is 10.1. The van der Waals surface area contributed by atoms with Crippen LogP contribution in [-0.2, 0) is 6.42 Å². The van der Waals surface area contributed by atoms with Gasteiger partial charge in [0.2, 0.25) is 0 Å². The van der Waals surface area contributed by atoms with Crippen LogP contribution >= 0.6 is 0 Å². The minimum absolute atomic E-state index is 0.0617. The van der Waals surface area contributed by atoms with Crippen LogP contribution in [0.2, 0.25) is 0 Å². The SMILES string of the molecule is COc1cc(C(=O)N(CCN)CCc2ccccc2)ccc1[N+](=O)[O-]. The number of hydrogen-bond acceptors (Lipinski definition) is 5. The summed E-state index contributed by atoms with van der Waals surface area (Å²) in [6.45, 7) is 1.26. The lowest BCUT2D eigenvalue weighted by Crippen LogP contribution is -2.37. The van der Waals surface area contributed by atoms with Crippen molar-refractivity contribution >= 4 is 11.6 Å². The van der Waals surface area contributed by atoms with E-state index in [2.05, 4.69) is 0 Å². The molecule has 25 heavy (non-hydrogen) atoms. The van der Waals surface area contributed by atoms with Crippen LogP contribution in [-0.4, -0.2) is 42.5 Å². The number of carbonyl (C=O) groups is 1. The second-order valence-corrected chi connectivity index (χ2v) is 5.46. The first-order valence-corrected chi connectivity index (χ1v) is 7.92. The Labute approximate surface area is 146 Å². The molecule has 0 radical (unpaired) electrons. The Morgan fingerprint density at radius 2 is 1.92 bits per heavy atom. The normalized spacial score (nSPS) is 10.3. The fraction of sp³-hybridized carbons (Fsp3) is 0.278. The molecule has 0 bridgehead atoms. The van der Waals surface area contributed by atoms with E-state index < -0.39 is 4.92 Å². The molecule has 0 saturated carbocycles. The zero-order chi connectivity index (χ0) is 18.2. The molecule has 2 aromatic rings. The molecular weight excluding hydrogens is 322 g/mol. The molecule has 0 spiro atoms. The van der Waals surface area contributed by atoms with Gasteiger partial charge < -0.3 is 15.4 Å². The highest BCUT2D eigenvalue weighted by atomic mass is 16.6. The summed E-state index contributed by atoms with van der Waals surface area (Å²) >= 11 is 0. The fourth-order valence-corrected chi connectivity index (χ4v) is 2.52. The maximum Gasteiger partial charge on any atom is 0.310 e. The summed E-state index contributed by atoms with van der Waals surface area (Å²) in [6.07, 6.45) is 0.705. The van der Waals surface area contributed by atoms with Gasteiger partial charge >= 0.3 is 5.69 Å². The molecule has 7 heteroatoms. The Morgan fingerprint density at radius 1 is 1.20 bits per heavy atom. The molecular formula is C18H21N3O4. The van der Waals surface area contributed by atoms with Gasteiger partial charge in [-0.1, -0.05) is 30.3 Å². The summed E-state index contributed by atoms with van der Waals surface area (Å²) in [5, 5.41) is 11.0. The number of methoxy groups -OCH3 is 1. The highest BCUT2D eigenvalue weighted by Crippen LogP contribution is 2.28. The monoisotopic (exact) mass is 343 g/mol. The molecule has 0 aliphatic heterocycles. The number of rotatable bonds is 8. The second-order valence-electron chi connectivity index (χ2n) is 5.46. The maximum absolute atomic E-state index is 12.8. The quantitative estimate of drug-likeness (QED) is 0.585. The summed E-state index contributed by atoms with van der Waals surface area (Å²) in [5.74, 6) is -0.166. The second kappa shape index (κ2) is 8.79. The van der Waals surface area contributed by atoms with Crippen LogP contribution < -0.4 is 10.5 Å². The Morgan fingerprint density at radius 3 is 2.52 bits per heavy atom. The van der Waals surface area contributed by atoms with Crippen LogP contribution in [0.4, 0.5) is 5.69 Å². The van der Waals surface area contributed by atoms with Crippen molar-refractivity contribution in [1.29, 1.82) is 0 Å². The van der Waals surface area contributed by atoms with E-state index >= 15 is 0 Å². The minimum Gasteiger partial charge on any atom is -0.490 e. The van der Waals surface area contributed by atoms with E-state index in [0.717, 1.165) is 5.56 Å². The first-order valence-electron chi connectivity index (χ1n) is 7.92. The molecule has 2 rings (SSSR count). The van der Waals surface area contributed by atoms with Crippen molar-refractivity contribution in [3.8, 4) is 5.75 Å². The fourth-order valence-electron chi connectivity index (χ4n) is 2.52. The number of carbonyl (C=O) groups excluding carboxylic acids is 1. The van der Waals surface area contributed by atoms with Gasteiger partial charge in [0.1, 0.15) is 0 Å². The number of nitrogens with two attached hydrogens (primary N) is 1. The number of nitrogens with zero attached hydrogens (tertiary/aromatic N) is 2. The molecule has 0 aliphatic rings. The molecule has 0 aliphatic carbocycles. The lowest BCUT2D eigenvalue weighted by Gasteiger charge is -2.22. The number of benzene rings is 2. The van der Waals surface area contributed by atoms with Gasteiger partial charge in [-0.25, -0.2) is 0 Å². The smallest absolute Gasteiger partial charge is 0.310 e. The average Bonchev–Trinajstić information content (AvgIpc) is 2.64. The molecule has 2 aromatic carbocycles. The highest BCUT2D eigenvalue weighted by molar-refractivity contribution is 5.95. The van der Waals surface area contributed by atoms with Crippen molar-refractivity contribution < 1.29 is 14.5 Å². The van der Waals surface area contributed by atoms with E-state index in [1.807, 2.05) is 30.3 Å². The first kappa shape index (κ1) is 18.4. The summed E-state index contributed by atoms with van der Waals surface area (Å²) < 4.78 is 5.03. The number of nitro groups is 1. The molecule has 0 aromatic heterocycles.